The first-order valence-corrected chi connectivity index (χ1v) is 7.09. The first-order valence-electron chi connectivity index (χ1n) is 7.09. The lowest BCUT2D eigenvalue weighted by atomic mass is 10.0. The molecule has 7 heteroatoms. The van der Waals surface area contributed by atoms with E-state index < -0.39 is 0 Å². The lowest BCUT2D eigenvalue weighted by molar-refractivity contribution is -0.384. The van der Waals surface area contributed by atoms with Crippen molar-refractivity contribution in [3.8, 4) is 0 Å². The van der Waals surface area contributed by atoms with E-state index in [1.165, 1.54) is 6.07 Å². The first-order chi connectivity index (χ1) is 10.0. The molecule has 1 fully saturated rings. The van der Waals surface area contributed by atoms with E-state index in [0.717, 1.165) is 25.9 Å². The molecule has 1 saturated heterocycles. The molecule has 3 rings (SSSR count). The van der Waals surface area contributed by atoms with E-state index in [0.29, 0.717) is 16.9 Å². The van der Waals surface area contributed by atoms with Crippen LogP contribution >= 0.6 is 0 Å². The Morgan fingerprint density at radius 3 is 2.76 bits per heavy atom. The summed E-state index contributed by atoms with van der Waals surface area (Å²) in [6.07, 6.45) is 2.12. The van der Waals surface area contributed by atoms with Gasteiger partial charge in [0.05, 0.1) is 11.3 Å². The fourth-order valence-corrected chi connectivity index (χ4v) is 2.90. The van der Waals surface area contributed by atoms with Gasteiger partial charge in [-0.15, -0.1) is 0 Å². The van der Waals surface area contributed by atoms with Crippen LogP contribution < -0.4 is 10.6 Å². The average molecular weight is 290 g/mol. The van der Waals surface area contributed by atoms with Gasteiger partial charge in [0.2, 0.25) is 5.91 Å². The Balaban J connectivity index is 1.85. The Labute approximate surface area is 122 Å². The SMILES string of the molecule is CN1CCC(Nc2cc3c(cc2[N+](=O)[O-])CC(=O)N3)CC1. The highest BCUT2D eigenvalue weighted by molar-refractivity contribution is 6.00. The normalized spacial score (nSPS) is 19.2. The summed E-state index contributed by atoms with van der Waals surface area (Å²) in [5, 5.41) is 17.3. The molecule has 2 heterocycles. The molecule has 0 unspecified atom stereocenters. The van der Waals surface area contributed by atoms with Gasteiger partial charge in [-0.1, -0.05) is 0 Å². The molecule has 0 bridgehead atoms. The number of hydrogen-bond donors (Lipinski definition) is 2. The molecule has 7 nitrogen and oxygen atoms in total. The smallest absolute Gasteiger partial charge is 0.292 e. The van der Waals surface area contributed by atoms with Crippen molar-refractivity contribution >= 4 is 23.0 Å². The van der Waals surface area contributed by atoms with E-state index >= 15 is 0 Å². The molecule has 1 amide bonds. The quantitative estimate of drug-likeness (QED) is 0.652. The number of hydrogen-bond acceptors (Lipinski definition) is 5. The molecule has 0 radical (unpaired) electrons. The van der Waals surface area contributed by atoms with Gasteiger partial charge < -0.3 is 15.5 Å². The molecule has 2 aliphatic rings. The topological polar surface area (TPSA) is 87.5 Å². The van der Waals surface area contributed by atoms with Crippen LogP contribution in [0.3, 0.4) is 0 Å². The average Bonchev–Trinajstić information content (AvgIpc) is 2.79. The van der Waals surface area contributed by atoms with Crippen molar-refractivity contribution in [2.75, 3.05) is 30.8 Å². The molecular formula is C14H18N4O3. The largest absolute Gasteiger partial charge is 0.377 e. The fourth-order valence-electron chi connectivity index (χ4n) is 2.90. The molecule has 0 aromatic heterocycles. The molecule has 2 N–H and O–H groups in total. The summed E-state index contributed by atoms with van der Waals surface area (Å²) in [6.45, 7) is 1.96. The molecular weight excluding hydrogens is 272 g/mol. The minimum Gasteiger partial charge on any atom is -0.377 e. The number of carbonyl (C=O) groups is 1. The van der Waals surface area contributed by atoms with Crippen LogP contribution in [0.4, 0.5) is 17.1 Å². The first kappa shape index (κ1) is 13.8. The standard InChI is InChI=1S/C14H18N4O3/c1-17-4-2-10(3-5-17)15-12-8-11-9(7-14(19)16-11)6-13(12)18(20)21/h6,8,10,15H,2-5,7H2,1H3,(H,16,19). The molecule has 21 heavy (non-hydrogen) atoms. The maximum absolute atomic E-state index is 11.4. The van der Waals surface area contributed by atoms with Crippen LogP contribution in [-0.4, -0.2) is 41.9 Å². The number of nitro groups is 1. The molecule has 0 aliphatic carbocycles. The summed E-state index contributed by atoms with van der Waals surface area (Å²) < 4.78 is 0. The summed E-state index contributed by atoms with van der Waals surface area (Å²) in [7, 11) is 2.07. The number of likely N-dealkylation sites (tertiary alicyclic amines) is 1. The summed E-state index contributed by atoms with van der Waals surface area (Å²) in [6, 6.07) is 3.43. The number of nitrogens with zero attached hydrogens (tertiary/aromatic N) is 2. The maximum Gasteiger partial charge on any atom is 0.292 e. The zero-order valence-corrected chi connectivity index (χ0v) is 11.9. The Kier molecular flexibility index (Phi) is 3.50. The molecule has 112 valence electrons. The van der Waals surface area contributed by atoms with Gasteiger partial charge in [0.25, 0.3) is 5.69 Å². The van der Waals surface area contributed by atoms with Crippen molar-refractivity contribution in [1.82, 2.24) is 4.90 Å². The lowest BCUT2D eigenvalue weighted by Gasteiger charge is -2.30. The molecule has 1 aromatic carbocycles. The number of nitro benzene ring substituents is 1. The number of piperidine rings is 1. The van der Waals surface area contributed by atoms with E-state index in [-0.39, 0.29) is 29.0 Å². The Morgan fingerprint density at radius 1 is 1.38 bits per heavy atom. The maximum atomic E-state index is 11.4. The lowest BCUT2D eigenvalue weighted by Crippen LogP contribution is -2.36. The van der Waals surface area contributed by atoms with Crippen LogP contribution in [0.5, 0.6) is 0 Å². The second kappa shape index (κ2) is 5.33. The molecule has 0 spiro atoms. The van der Waals surface area contributed by atoms with E-state index in [2.05, 4.69) is 22.6 Å². The number of amides is 1. The van der Waals surface area contributed by atoms with Crippen LogP contribution in [-0.2, 0) is 11.2 Å². The van der Waals surface area contributed by atoms with Crippen LogP contribution in [0.15, 0.2) is 12.1 Å². The monoisotopic (exact) mass is 290 g/mol. The molecule has 1 aromatic rings. The van der Waals surface area contributed by atoms with Crippen LogP contribution in [0, 0.1) is 10.1 Å². The number of carbonyl (C=O) groups excluding carboxylic acids is 1. The van der Waals surface area contributed by atoms with E-state index in [1.807, 2.05) is 0 Å². The van der Waals surface area contributed by atoms with E-state index in [1.54, 1.807) is 6.07 Å². The molecule has 2 aliphatic heterocycles. The molecule has 0 saturated carbocycles. The molecule has 0 atom stereocenters. The zero-order valence-electron chi connectivity index (χ0n) is 11.9. The van der Waals surface area contributed by atoms with Crippen molar-refractivity contribution in [3.05, 3.63) is 27.8 Å². The van der Waals surface area contributed by atoms with Gasteiger partial charge in [0, 0.05) is 17.8 Å². The van der Waals surface area contributed by atoms with Crippen molar-refractivity contribution in [1.29, 1.82) is 0 Å². The fraction of sp³-hybridized carbons (Fsp3) is 0.500. The van der Waals surface area contributed by atoms with Crippen molar-refractivity contribution in [3.63, 3.8) is 0 Å². The van der Waals surface area contributed by atoms with Crippen molar-refractivity contribution in [2.24, 2.45) is 0 Å². The number of rotatable bonds is 3. The van der Waals surface area contributed by atoms with Gasteiger partial charge in [-0.2, -0.15) is 0 Å². The van der Waals surface area contributed by atoms with Gasteiger partial charge in [0.15, 0.2) is 0 Å². The summed E-state index contributed by atoms with van der Waals surface area (Å²) in [5.74, 6) is -0.115. The summed E-state index contributed by atoms with van der Waals surface area (Å²) >= 11 is 0. The van der Waals surface area contributed by atoms with Crippen LogP contribution in [0.2, 0.25) is 0 Å². The number of fused-ring (bicyclic) bond motifs is 1. The zero-order chi connectivity index (χ0) is 15.0. The third-order valence-electron chi connectivity index (χ3n) is 4.12. The van der Waals surface area contributed by atoms with E-state index in [9.17, 15) is 14.9 Å². The highest BCUT2D eigenvalue weighted by atomic mass is 16.6. The highest BCUT2D eigenvalue weighted by Gasteiger charge is 2.26. The number of nitrogens with one attached hydrogen (secondary N) is 2. The van der Waals surface area contributed by atoms with Gasteiger partial charge in [-0.3, -0.25) is 14.9 Å². The summed E-state index contributed by atoms with van der Waals surface area (Å²) in [4.78, 5) is 24.5. The van der Waals surface area contributed by atoms with Gasteiger partial charge in [0.1, 0.15) is 5.69 Å². The van der Waals surface area contributed by atoms with Crippen molar-refractivity contribution in [2.45, 2.75) is 25.3 Å². The third kappa shape index (κ3) is 2.82. The van der Waals surface area contributed by atoms with Gasteiger partial charge in [-0.05, 0) is 44.6 Å². The number of anilines is 2. The van der Waals surface area contributed by atoms with E-state index in [4.69, 9.17) is 0 Å². The van der Waals surface area contributed by atoms with Crippen molar-refractivity contribution < 1.29 is 9.72 Å². The third-order valence-corrected chi connectivity index (χ3v) is 4.12. The van der Waals surface area contributed by atoms with Gasteiger partial charge in [-0.25, -0.2) is 0 Å². The number of benzene rings is 1. The summed E-state index contributed by atoms with van der Waals surface area (Å²) in [5.41, 5.74) is 1.92. The van der Waals surface area contributed by atoms with Crippen LogP contribution in [0.25, 0.3) is 0 Å². The Morgan fingerprint density at radius 2 is 2.10 bits per heavy atom. The predicted octanol–water partition coefficient (Wildman–Crippen LogP) is 1.60. The second-order valence-corrected chi connectivity index (χ2v) is 5.73. The Bertz CT molecular complexity index is 594. The minimum atomic E-state index is -0.389. The van der Waals surface area contributed by atoms with Gasteiger partial charge >= 0.3 is 0 Å². The minimum absolute atomic E-state index is 0.0455. The second-order valence-electron chi connectivity index (χ2n) is 5.73. The van der Waals surface area contributed by atoms with Crippen LogP contribution in [0.1, 0.15) is 18.4 Å². The predicted molar refractivity (Wildman–Crippen MR) is 79.6 cm³/mol. The highest BCUT2D eigenvalue weighted by Crippen LogP contribution is 2.35. The Hall–Kier alpha value is -2.15.